The van der Waals surface area contributed by atoms with E-state index >= 15 is 0 Å². The standard InChI is InChI=1S/C14H16N2/c1-11-3-5-13(6-4-11)10-16-14-7-8-15-9-12(14)2/h3-9H,10H2,1-2H3,(H,15,16). The molecule has 0 unspecified atom stereocenters. The number of hydrogen-bond donors (Lipinski definition) is 1. The molecule has 1 heterocycles. The highest BCUT2D eigenvalue weighted by atomic mass is 14.9. The molecule has 0 spiro atoms. The average Bonchev–Trinajstić information content (AvgIpc) is 2.30. The molecule has 0 bridgehead atoms. The third-order valence-electron chi connectivity index (χ3n) is 2.62. The first-order chi connectivity index (χ1) is 7.75. The fourth-order valence-electron chi connectivity index (χ4n) is 1.57. The van der Waals surface area contributed by atoms with Crippen LogP contribution in [0.5, 0.6) is 0 Å². The third-order valence-corrected chi connectivity index (χ3v) is 2.62. The van der Waals surface area contributed by atoms with Crippen molar-refractivity contribution in [2.24, 2.45) is 0 Å². The molecule has 1 N–H and O–H groups in total. The highest BCUT2D eigenvalue weighted by Gasteiger charge is 1.97. The molecule has 1 aromatic heterocycles. The number of hydrogen-bond acceptors (Lipinski definition) is 2. The summed E-state index contributed by atoms with van der Waals surface area (Å²) in [5.41, 5.74) is 4.91. The predicted octanol–water partition coefficient (Wildman–Crippen LogP) is 3.31. The van der Waals surface area contributed by atoms with Crippen LogP contribution in [0.3, 0.4) is 0 Å². The molecule has 2 heteroatoms. The van der Waals surface area contributed by atoms with E-state index in [-0.39, 0.29) is 0 Å². The third kappa shape index (κ3) is 2.60. The lowest BCUT2D eigenvalue weighted by Gasteiger charge is -2.08. The molecule has 2 rings (SSSR count). The number of aromatic nitrogens is 1. The molecule has 0 aliphatic rings. The van der Waals surface area contributed by atoms with Crippen molar-refractivity contribution in [3.63, 3.8) is 0 Å². The molecule has 2 nitrogen and oxygen atoms in total. The van der Waals surface area contributed by atoms with Gasteiger partial charge in [0.2, 0.25) is 0 Å². The van der Waals surface area contributed by atoms with Gasteiger partial charge in [0.1, 0.15) is 0 Å². The minimum atomic E-state index is 0.852. The lowest BCUT2D eigenvalue weighted by atomic mass is 10.1. The van der Waals surface area contributed by atoms with Crippen LogP contribution in [0.2, 0.25) is 0 Å². The van der Waals surface area contributed by atoms with Gasteiger partial charge in [0.15, 0.2) is 0 Å². The number of nitrogens with zero attached hydrogens (tertiary/aromatic N) is 1. The van der Waals surface area contributed by atoms with E-state index in [2.05, 4.69) is 48.4 Å². The molecule has 0 fully saturated rings. The van der Waals surface area contributed by atoms with E-state index in [1.807, 2.05) is 18.5 Å². The number of aryl methyl sites for hydroxylation is 2. The molecule has 0 radical (unpaired) electrons. The Morgan fingerprint density at radius 3 is 2.50 bits per heavy atom. The van der Waals surface area contributed by atoms with Gasteiger partial charge in [0.25, 0.3) is 0 Å². The SMILES string of the molecule is Cc1ccc(CNc2ccncc2C)cc1. The Morgan fingerprint density at radius 1 is 1.06 bits per heavy atom. The van der Waals surface area contributed by atoms with Gasteiger partial charge in [-0.15, -0.1) is 0 Å². The van der Waals surface area contributed by atoms with Crippen LogP contribution in [0.4, 0.5) is 5.69 Å². The van der Waals surface area contributed by atoms with Crippen LogP contribution in [0, 0.1) is 13.8 Å². The average molecular weight is 212 g/mol. The summed E-state index contributed by atoms with van der Waals surface area (Å²) in [6, 6.07) is 10.6. The van der Waals surface area contributed by atoms with E-state index in [0.717, 1.165) is 12.2 Å². The van der Waals surface area contributed by atoms with Gasteiger partial charge in [0, 0.05) is 24.6 Å². The summed E-state index contributed by atoms with van der Waals surface area (Å²) in [7, 11) is 0. The molecular formula is C14H16N2. The van der Waals surface area contributed by atoms with Crippen LogP contribution in [0.15, 0.2) is 42.7 Å². The number of nitrogens with one attached hydrogen (secondary N) is 1. The summed E-state index contributed by atoms with van der Waals surface area (Å²) < 4.78 is 0. The van der Waals surface area contributed by atoms with E-state index in [9.17, 15) is 0 Å². The maximum absolute atomic E-state index is 4.07. The molecule has 0 aliphatic heterocycles. The molecule has 2 aromatic rings. The first kappa shape index (κ1) is 10.7. The molecule has 16 heavy (non-hydrogen) atoms. The van der Waals surface area contributed by atoms with Crippen molar-refractivity contribution in [1.29, 1.82) is 0 Å². The van der Waals surface area contributed by atoms with Crippen molar-refractivity contribution in [2.45, 2.75) is 20.4 Å². The summed E-state index contributed by atoms with van der Waals surface area (Å²) in [4.78, 5) is 4.07. The van der Waals surface area contributed by atoms with Gasteiger partial charge in [-0.05, 0) is 31.0 Å². The Bertz CT molecular complexity index is 460. The zero-order valence-corrected chi connectivity index (χ0v) is 9.70. The van der Waals surface area contributed by atoms with E-state index < -0.39 is 0 Å². The van der Waals surface area contributed by atoms with Crippen LogP contribution in [0.25, 0.3) is 0 Å². The number of rotatable bonds is 3. The molecule has 0 atom stereocenters. The van der Waals surface area contributed by atoms with Gasteiger partial charge < -0.3 is 5.32 Å². The molecule has 0 amide bonds. The van der Waals surface area contributed by atoms with Crippen molar-refractivity contribution in [2.75, 3.05) is 5.32 Å². The fourth-order valence-corrected chi connectivity index (χ4v) is 1.57. The minimum absolute atomic E-state index is 0.852. The van der Waals surface area contributed by atoms with Gasteiger partial charge in [-0.3, -0.25) is 4.98 Å². The monoisotopic (exact) mass is 212 g/mol. The summed E-state index contributed by atoms with van der Waals surface area (Å²) in [6.07, 6.45) is 3.68. The molecule has 82 valence electrons. The second-order valence-corrected chi connectivity index (χ2v) is 4.03. The van der Waals surface area contributed by atoms with Crippen molar-refractivity contribution >= 4 is 5.69 Å². The van der Waals surface area contributed by atoms with Crippen molar-refractivity contribution in [3.05, 3.63) is 59.4 Å². The molecule has 0 saturated heterocycles. The largest absolute Gasteiger partial charge is 0.381 e. The number of pyridine rings is 1. The van der Waals surface area contributed by atoms with Gasteiger partial charge in [-0.2, -0.15) is 0 Å². The molecule has 1 aromatic carbocycles. The Hall–Kier alpha value is -1.83. The number of benzene rings is 1. The minimum Gasteiger partial charge on any atom is -0.381 e. The first-order valence-electron chi connectivity index (χ1n) is 5.46. The molecule has 0 aliphatic carbocycles. The smallest absolute Gasteiger partial charge is 0.0403 e. The van der Waals surface area contributed by atoms with Crippen molar-refractivity contribution < 1.29 is 0 Å². The molecular weight excluding hydrogens is 196 g/mol. The highest BCUT2D eigenvalue weighted by molar-refractivity contribution is 5.48. The fraction of sp³-hybridized carbons (Fsp3) is 0.214. The Labute approximate surface area is 96.4 Å². The van der Waals surface area contributed by atoms with Gasteiger partial charge in [0.05, 0.1) is 0 Å². The van der Waals surface area contributed by atoms with Crippen LogP contribution in [-0.2, 0) is 6.54 Å². The van der Waals surface area contributed by atoms with E-state index in [0.29, 0.717) is 0 Å². The Kier molecular flexibility index (Phi) is 3.20. The number of anilines is 1. The lowest BCUT2D eigenvalue weighted by Crippen LogP contribution is -2.01. The maximum Gasteiger partial charge on any atom is 0.0403 e. The zero-order chi connectivity index (χ0) is 11.4. The molecule has 0 saturated carbocycles. The zero-order valence-electron chi connectivity index (χ0n) is 9.70. The van der Waals surface area contributed by atoms with E-state index in [4.69, 9.17) is 0 Å². The Balaban J connectivity index is 2.02. The normalized spacial score (nSPS) is 10.1. The predicted molar refractivity (Wildman–Crippen MR) is 67.5 cm³/mol. The van der Waals surface area contributed by atoms with Gasteiger partial charge in [-0.25, -0.2) is 0 Å². The van der Waals surface area contributed by atoms with Crippen molar-refractivity contribution in [1.82, 2.24) is 4.98 Å². The summed E-state index contributed by atoms with van der Waals surface area (Å²) in [6.45, 7) is 5.01. The summed E-state index contributed by atoms with van der Waals surface area (Å²) >= 11 is 0. The quantitative estimate of drug-likeness (QED) is 0.844. The van der Waals surface area contributed by atoms with E-state index in [1.165, 1.54) is 16.7 Å². The maximum atomic E-state index is 4.07. The first-order valence-corrected chi connectivity index (χ1v) is 5.46. The van der Waals surface area contributed by atoms with Crippen molar-refractivity contribution in [3.8, 4) is 0 Å². The highest BCUT2D eigenvalue weighted by Crippen LogP contribution is 2.13. The van der Waals surface area contributed by atoms with Crippen LogP contribution in [0.1, 0.15) is 16.7 Å². The van der Waals surface area contributed by atoms with Crippen LogP contribution in [-0.4, -0.2) is 4.98 Å². The lowest BCUT2D eigenvalue weighted by molar-refractivity contribution is 1.12. The summed E-state index contributed by atoms with van der Waals surface area (Å²) in [5.74, 6) is 0. The van der Waals surface area contributed by atoms with E-state index in [1.54, 1.807) is 0 Å². The van der Waals surface area contributed by atoms with Crippen LogP contribution < -0.4 is 5.32 Å². The Morgan fingerprint density at radius 2 is 1.81 bits per heavy atom. The van der Waals surface area contributed by atoms with Gasteiger partial charge in [-0.1, -0.05) is 29.8 Å². The van der Waals surface area contributed by atoms with Gasteiger partial charge >= 0.3 is 0 Å². The van der Waals surface area contributed by atoms with Crippen LogP contribution >= 0.6 is 0 Å². The topological polar surface area (TPSA) is 24.9 Å². The second-order valence-electron chi connectivity index (χ2n) is 4.03. The second kappa shape index (κ2) is 4.79. The summed E-state index contributed by atoms with van der Waals surface area (Å²) in [5, 5.41) is 3.41.